The fourth-order valence-corrected chi connectivity index (χ4v) is 4.73. The summed E-state index contributed by atoms with van der Waals surface area (Å²) in [6.07, 6.45) is 4.12. The first-order chi connectivity index (χ1) is 8.91. The van der Waals surface area contributed by atoms with Crippen molar-refractivity contribution in [3.63, 3.8) is 0 Å². The third-order valence-corrected chi connectivity index (χ3v) is 5.43. The van der Waals surface area contributed by atoms with Crippen molar-refractivity contribution in [2.75, 3.05) is 29.2 Å². The number of amidine groups is 1. The predicted molar refractivity (Wildman–Crippen MR) is 76.4 cm³/mol. The lowest BCUT2D eigenvalue weighted by atomic mass is 10.3. The van der Waals surface area contributed by atoms with E-state index in [2.05, 4.69) is 9.97 Å². The number of hydrogen-bond acceptors (Lipinski definition) is 7. The Morgan fingerprint density at radius 3 is 2.84 bits per heavy atom. The second-order valence-electron chi connectivity index (χ2n) is 4.19. The number of anilines is 1. The molecule has 0 radical (unpaired) electrons. The van der Waals surface area contributed by atoms with E-state index < -0.39 is 15.2 Å². The van der Waals surface area contributed by atoms with E-state index in [1.807, 2.05) is 0 Å². The Balaban J connectivity index is 2.46. The smallest absolute Gasteiger partial charge is 0.169 e. The summed E-state index contributed by atoms with van der Waals surface area (Å²) in [5.41, 5.74) is 5.70. The number of sulfone groups is 1. The first-order valence-corrected chi connectivity index (χ1v) is 8.71. The quantitative estimate of drug-likeness (QED) is 0.581. The Bertz CT molecular complexity index is 589. The molecule has 1 unspecified atom stereocenters. The van der Waals surface area contributed by atoms with E-state index in [4.69, 9.17) is 11.1 Å². The number of aromatic nitrogens is 2. The number of rotatable bonds is 3. The lowest BCUT2D eigenvalue weighted by Crippen LogP contribution is -2.48. The summed E-state index contributed by atoms with van der Waals surface area (Å²) >= 11 is 1.59. The maximum Gasteiger partial charge on any atom is 0.169 e. The van der Waals surface area contributed by atoms with E-state index in [9.17, 15) is 8.42 Å². The molecule has 1 aliphatic rings. The van der Waals surface area contributed by atoms with Crippen LogP contribution < -0.4 is 10.6 Å². The third-order valence-electron chi connectivity index (χ3n) is 2.78. The van der Waals surface area contributed by atoms with Crippen molar-refractivity contribution in [3.8, 4) is 0 Å². The molecule has 0 aliphatic carbocycles. The van der Waals surface area contributed by atoms with Crippen molar-refractivity contribution in [1.82, 2.24) is 9.97 Å². The van der Waals surface area contributed by atoms with Crippen molar-refractivity contribution in [3.05, 3.63) is 18.1 Å². The summed E-state index contributed by atoms with van der Waals surface area (Å²) < 4.78 is 23.7. The van der Waals surface area contributed by atoms with Crippen LogP contribution in [0.15, 0.2) is 12.4 Å². The van der Waals surface area contributed by atoms with Gasteiger partial charge in [0.1, 0.15) is 16.9 Å². The molecule has 19 heavy (non-hydrogen) atoms. The molecule has 104 valence electrons. The van der Waals surface area contributed by atoms with Crippen LogP contribution in [0.25, 0.3) is 0 Å². The second-order valence-corrected chi connectivity index (χ2v) is 7.55. The SMILES string of the molecule is CS(=O)(=O)C1CSCCN1c1nccnc1C(=N)N. The molecule has 1 saturated heterocycles. The van der Waals surface area contributed by atoms with Gasteiger partial charge in [0.2, 0.25) is 0 Å². The van der Waals surface area contributed by atoms with Gasteiger partial charge in [-0.1, -0.05) is 0 Å². The molecule has 1 atom stereocenters. The van der Waals surface area contributed by atoms with Crippen LogP contribution in [0, 0.1) is 5.41 Å². The Labute approximate surface area is 116 Å². The molecule has 0 bridgehead atoms. The number of nitrogens with zero attached hydrogens (tertiary/aromatic N) is 3. The van der Waals surface area contributed by atoms with Crippen molar-refractivity contribution in [2.45, 2.75) is 5.37 Å². The molecule has 3 N–H and O–H groups in total. The van der Waals surface area contributed by atoms with Gasteiger partial charge in [-0.15, -0.1) is 0 Å². The van der Waals surface area contributed by atoms with Crippen LogP contribution in [0.2, 0.25) is 0 Å². The van der Waals surface area contributed by atoms with Crippen molar-refractivity contribution < 1.29 is 8.42 Å². The molecule has 0 aromatic carbocycles. The minimum Gasteiger partial charge on any atom is -0.382 e. The van der Waals surface area contributed by atoms with Gasteiger partial charge in [0.05, 0.1) is 0 Å². The summed E-state index contributed by atoms with van der Waals surface area (Å²) in [6, 6.07) is 0. The molecular formula is C10H15N5O2S2. The van der Waals surface area contributed by atoms with Gasteiger partial charge in [0.25, 0.3) is 0 Å². The molecule has 1 aromatic heterocycles. The summed E-state index contributed by atoms with van der Waals surface area (Å²) in [5.74, 6) is 1.44. The average molecular weight is 301 g/mol. The van der Waals surface area contributed by atoms with Crippen LogP contribution in [0.3, 0.4) is 0 Å². The van der Waals surface area contributed by atoms with Crippen LogP contribution in [-0.2, 0) is 9.84 Å². The molecule has 7 nitrogen and oxygen atoms in total. The Kier molecular flexibility index (Phi) is 3.95. The van der Waals surface area contributed by atoms with E-state index in [1.54, 1.807) is 16.7 Å². The van der Waals surface area contributed by atoms with E-state index >= 15 is 0 Å². The van der Waals surface area contributed by atoms with Gasteiger partial charge in [-0.05, 0) is 0 Å². The van der Waals surface area contributed by atoms with E-state index in [1.165, 1.54) is 18.6 Å². The van der Waals surface area contributed by atoms with E-state index in [-0.39, 0.29) is 11.5 Å². The van der Waals surface area contributed by atoms with Crippen LogP contribution in [0.4, 0.5) is 5.82 Å². The molecule has 2 rings (SSSR count). The number of nitrogens with one attached hydrogen (secondary N) is 1. The van der Waals surface area contributed by atoms with Crippen molar-refractivity contribution >= 4 is 33.3 Å². The highest BCUT2D eigenvalue weighted by Crippen LogP contribution is 2.26. The highest BCUT2D eigenvalue weighted by atomic mass is 32.2. The second kappa shape index (κ2) is 5.33. The minimum absolute atomic E-state index is 0.214. The van der Waals surface area contributed by atoms with Gasteiger partial charge in [0.15, 0.2) is 15.7 Å². The number of hydrogen-bond donors (Lipinski definition) is 2. The zero-order chi connectivity index (χ0) is 14.0. The van der Waals surface area contributed by atoms with Crippen molar-refractivity contribution in [2.24, 2.45) is 5.73 Å². The van der Waals surface area contributed by atoms with Crippen LogP contribution in [0.1, 0.15) is 5.69 Å². The number of nitrogen functional groups attached to an aromatic ring is 1. The Hall–Kier alpha value is -1.35. The lowest BCUT2D eigenvalue weighted by molar-refractivity contribution is 0.583. The average Bonchev–Trinajstić information content (AvgIpc) is 2.37. The fourth-order valence-electron chi connectivity index (χ4n) is 1.91. The first kappa shape index (κ1) is 14.1. The van der Waals surface area contributed by atoms with Gasteiger partial charge in [-0.25, -0.2) is 18.4 Å². The molecule has 9 heteroatoms. The van der Waals surface area contributed by atoms with Gasteiger partial charge >= 0.3 is 0 Å². The molecule has 2 heterocycles. The highest BCUT2D eigenvalue weighted by Gasteiger charge is 2.33. The monoisotopic (exact) mass is 301 g/mol. The molecule has 0 saturated carbocycles. The predicted octanol–water partition coefficient (Wildman–Crippen LogP) is -0.315. The largest absolute Gasteiger partial charge is 0.382 e. The summed E-state index contributed by atoms with van der Waals surface area (Å²) in [7, 11) is -3.24. The van der Waals surface area contributed by atoms with E-state index in [0.717, 1.165) is 5.75 Å². The third kappa shape index (κ3) is 2.98. The number of nitrogens with two attached hydrogens (primary N) is 1. The zero-order valence-corrected chi connectivity index (χ0v) is 12.0. The molecule has 1 fully saturated rings. The molecule has 1 aromatic rings. The minimum atomic E-state index is -3.24. The Morgan fingerprint density at radius 1 is 1.53 bits per heavy atom. The normalized spacial score (nSPS) is 20.3. The Morgan fingerprint density at radius 2 is 2.21 bits per heavy atom. The van der Waals surface area contributed by atoms with Crippen LogP contribution >= 0.6 is 11.8 Å². The maximum atomic E-state index is 11.9. The van der Waals surface area contributed by atoms with Gasteiger partial charge < -0.3 is 10.6 Å². The van der Waals surface area contributed by atoms with Crippen molar-refractivity contribution in [1.29, 1.82) is 5.41 Å². The van der Waals surface area contributed by atoms with Crippen LogP contribution in [0.5, 0.6) is 0 Å². The highest BCUT2D eigenvalue weighted by molar-refractivity contribution is 8.01. The summed E-state index contributed by atoms with van der Waals surface area (Å²) in [5, 5.41) is 6.86. The van der Waals surface area contributed by atoms with Gasteiger partial charge in [-0.3, -0.25) is 5.41 Å². The first-order valence-electron chi connectivity index (χ1n) is 5.60. The maximum absolute atomic E-state index is 11.9. The molecular weight excluding hydrogens is 286 g/mol. The zero-order valence-electron chi connectivity index (χ0n) is 10.4. The number of thioether (sulfide) groups is 1. The van der Waals surface area contributed by atoms with E-state index in [0.29, 0.717) is 18.1 Å². The molecule has 0 amide bonds. The lowest BCUT2D eigenvalue weighted by Gasteiger charge is -2.35. The molecule has 0 spiro atoms. The standard InChI is InChI=1S/C10H15N5O2S2/c1-19(16,17)7-6-18-5-4-15(7)10-8(9(11)12)13-2-3-14-10/h2-3,7H,4-6H2,1H3,(H3,11,12). The summed E-state index contributed by atoms with van der Waals surface area (Å²) in [4.78, 5) is 9.85. The van der Waals surface area contributed by atoms with Crippen LogP contribution in [-0.4, -0.2) is 53.9 Å². The molecule has 1 aliphatic heterocycles. The summed E-state index contributed by atoms with van der Waals surface area (Å²) in [6.45, 7) is 0.543. The topological polar surface area (TPSA) is 113 Å². The van der Waals surface area contributed by atoms with Gasteiger partial charge in [0, 0.05) is 36.7 Å². The van der Waals surface area contributed by atoms with Gasteiger partial charge in [-0.2, -0.15) is 11.8 Å². The fraction of sp³-hybridized carbons (Fsp3) is 0.500.